The summed E-state index contributed by atoms with van der Waals surface area (Å²) >= 11 is 3.30. The van der Waals surface area contributed by atoms with E-state index in [1.807, 2.05) is 13.0 Å². The zero-order valence-corrected chi connectivity index (χ0v) is 8.51. The van der Waals surface area contributed by atoms with E-state index < -0.39 is 0 Å². The highest BCUT2D eigenvalue weighted by Gasteiger charge is 2.04. The Morgan fingerprint density at radius 3 is 2.67 bits per heavy atom. The van der Waals surface area contributed by atoms with Crippen molar-refractivity contribution in [2.45, 2.75) is 6.92 Å². The van der Waals surface area contributed by atoms with Crippen molar-refractivity contribution in [2.24, 2.45) is 0 Å². The molecule has 3 heteroatoms. The van der Waals surface area contributed by atoms with Gasteiger partial charge in [-0.05, 0) is 40.5 Å². The minimum atomic E-state index is 0.683. The van der Waals surface area contributed by atoms with Gasteiger partial charge in [0.15, 0.2) is 0 Å². The number of aldehydes is 1. The van der Waals surface area contributed by atoms with Crippen LogP contribution in [0, 0.1) is 6.92 Å². The van der Waals surface area contributed by atoms with Crippen molar-refractivity contribution in [2.75, 3.05) is 7.11 Å². The monoisotopic (exact) mass is 228 g/mol. The lowest BCUT2D eigenvalue weighted by atomic mass is 10.1. The van der Waals surface area contributed by atoms with E-state index in [-0.39, 0.29) is 0 Å². The average Bonchev–Trinajstić information content (AvgIpc) is 2.08. The molecule has 0 unspecified atom stereocenters. The number of aryl methyl sites for hydroxylation is 1. The standard InChI is InChI=1S/C9H9BrO2/c1-6-3-9(12-2)8(10)4-7(6)5-11/h3-5H,1-2H3. The lowest BCUT2D eigenvalue weighted by Crippen LogP contribution is -1.90. The minimum absolute atomic E-state index is 0.683. The zero-order valence-electron chi connectivity index (χ0n) is 6.93. The predicted molar refractivity (Wildman–Crippen MR) is 50.8 cm³/mol. The van der Waals surface area contributed by atoms with Crippen molar-refractivity contribution in [1.82, 2.24) is 0 Å². The molecule has 0 radical (unpaired) electrons. The van der Waals surface area contributed by atoms with Crippen molar-refractivity contribution in [3.63, 3.8) is 0 Å². The second kappa shape index (κ2) is 3.72. The molecule has 0 heterocycles. The molecule has 0 spiro atoms. The highest BCUT2D eigenvalue weighted by molar-refractivity contribution is 9.10. The number of hydrogen-bond acceptors (Lipinski definition) is 2. The maximum atomic E-state index is 10.5. The van der Waals surface area contributed by atoms with Crippen LogP contribution < -0.4 is 4.74 Å². The summed E-state index contributed by atoms with van der Waals surface area (Å²) in [6.07, 6.45) is 0.833. The first-order valence-electron chi connectivity index (χ1n) is 3.48. The third kappa shape index (κ3) is 1.67. The molecule has 0 aliphatic heterocycles. The summed E-state index contributed by atoms with van der Waals surface area (Å²) in [6, 6.07) is 3.58. The zero-order chi connectivity index (χ0) is 9.14. The Kier molecular flexibility index (Phi) is 2.87. The highest BCUT2D eigenvalue weighted by atomic mass is 79.9. The van der Waals surface area contributed by atoms with E-state index >= 15 is 0 Å². The van der Waals surface area contributed by atoms with Crippen LogP contribution in [0.15, 0.2) is 16.6 Å². The summed E-state index contributed by atoms with van der Waals surface area (Å²) in [4.78, 5) is 10.5. The second-order valence-corrected chi connectivity index (χ2v) is 3.32. The number of halogens is 1. The largest absolute Gasteiger partial charge is 0.496 e. The van der Waals surface area contributed by atoms with Crippen LogP contribution in [0.5, 0.6) is 5.75 Å². The predicted octanol–water partition coefficient (Wildman–Crippen LogP) is 2.58. The molecule has 0 aliphatic rings. The van der Waals surface area contributed by atoms with Gasteiger partial charge in [-0.1, -0.05) is 0 Å². The molecule has 0 amide bonds. The van der Waals surface area contributed by atoms with Crippen LogP contribution in [0.4, 0.5) is 0 Å². The quantitative estimate of drug-likeness (QED) is 0.728. The van der Waals surface area contributed by atoms with Crippen molar-refractivity contribution in [1.29, 1.82) is 0 Å². The normalized spacial score (nSPS) is 9.58. The van der Waals surface area contributed by atoms with Crippen LogP contribution >= 0.6 is 15.9 Å². The van der Waals surface area contributed by atoms with Crippen LogP contribution in [0.25, 0.3) is 0 Å². The maximum absolute atomic E-state index is 10.5. The van der Waals surface area contributed by atoms with Crippen molar-refractivity contribution < 1.29 is 9.53 Å². The molecule has 0 bridgehead atoms. The summed E-state index contributed by atoms with van der Waals surface area (Å²) < 4.78 is 5.87. The van der Waals surface area contributed by atoms with Gasteiger partial charge in [0.05, 0.1) is 11.6 Å². The molecule has 12 heavy (non-hydrogen) atoms. The molecule has 1 aromatic rings. The molecule has 1 aromatic carbocycles. The van der Waals surface area contributed by atoms with Crippen molar-refractivity contribution >= 4 is 22.2 Å². The van der Waals surface area contributed by atoms with Gasteiger partial charge in [0.1, 0.15) is 12.0 Å². The van der Waals surface area contributed by atoms with Crippen LogP contribution in [-0.4, -0.2) is 13.4 Å². The number of hydrogen-bond donors (Lipinski definition) is 0. The molecule has 1 rings (SSSR count). The summed E-state index contributed by atoms with van der Waals surface area (Å²) in [5, 5.41) is 0. The number of benzene rings is 1. The Labute approximate surface area is 79.7 Å². The Hall–Kier alpha value is -0.830. The Morgan fingerprint density at radius 2 is 2.17 bits per heavy atom. The van der Waals surface area contributed by atoms with E-state index in [1.165, 1.54) is 0 Å². The van der Waals surface area contributed by atoms with Gasteiger partial charge >= 0.3 is 0 Å². The van der Waals surface area contributed by atoms with E-state index in [4.69, 9.17) is 4.74 Å². The number of carbonyl (C=O) groups excluding carboxylic acids is 1. The topological polar surface area (TPSA) is 26.3 Å². The molecule has 0 N–H and O–H groups in total. The van der Waals surface area contributed by atoms with Crippen molar-refractivity contribution in [3.05, 3.63) is 27.7 Å². The number of ether oxygens (including phenoxy) is 1. The van der Waals surface area contributed by atoms with Gasteiger partial charge in [-0.3, -0.25) is 4.79 Å². The van der Waals surface area contributed by atoms with E-state index in [0.717, 1.165) is 22.1 Å². The molecule has 64 valence electrons. The molecule has 2 nitrogen and oxygen atoms in total. The number of rotatable bonds is 2. The summed E-state index contributed by atoms with van der Waals surface area (Å²) in [6.45, 7) is 1.87. The van der Waals surface area contributed by atoms with E-state index in [1.54, 1.807) is 13.2 Å². The fraction of sp³-hybridized carbons (Fsp3) is 0.222. The smallest absolute Gasteiger partial charge is 0.150 e. The third-order valence-electron chi connectivity index (χ3n) is 1.67. The lowest BCUT2D eigenvalue weighted by molar-refractivity contribution is 0.112. The van der Waals surface area contributed by atoms with Gasteiger partial charge in [-0.25, -0.2) is 0 Å². The number of methoxy groups -OCH3 is 1. The summed E-state index contributed by atoms with van der Waals surface area (Å²) in [5.74, 6) is 0.748. The minimum Gasteiger partial charge on any atom is -0.496 e. The molecular formula is C9H9BrO2. The van der Waals surface area contributed by atoms with Crippen molar-refractivity contribution in [3.8, 4) is 5.75 Å². The van der Waals surface area contributed by atoms with Gasteiger partial charge in [-0.2, -0.15) is 0 Å². The highest BCUT2D eigenvalue weighted by Crippen LogP contribution is 2.27. The van der Waals surface area contributed by atoms with E-state index in [0.29, 0.717) is 5.56 Å². The van der Waals surface area contributed by atoms with Crippen LogP contribution in [0.3, 0.4) is 0 Å². The first kappa shape index (κ1) is 9.26. The molecule has 0 saturated carbocycles. The van der Waals surface area contributed by atoms with E-state index in [9.17, 15) is 4.79 Å². The lowest BCUT2D eigenvalue weighted by Gasteiger charge is -2.05. The SMILES string of the molecule is COc1cc(C)c(C=O)cc1Br. The van der Waals surface area contributed by atoms with Gasteiger partial charge in [0.2, 0.25) is 0 Å². The van der Waals surface area contributed by atoms with Gasteiger partial charge in [0.25, 0.3) is 0 Å². The summed E-state index contributed by atoms with van der Waals surface area (Å²) in [7, 11) is 1.60. The first-order valence-corrected chi connectivity index (χ1v) is 4.27. The fourth-order valence-electron chi connectivity index (χ4n) is 0.954. The fourth-order valence-corrected chi connectivity index (χ4v) is 1.48. The van der Waals surface area contributed by atoms with Crippen LogP contribution in [-0.2, 0) is 0 Å². The maximum Gasteiger partial charge on any atom is 0.150 e. The Morgan fingerprint density at radius 1 is 1.50 bits per heavy atom. The van der Waals surface area contributed by atoms with Crippen LogP contribution in [0.1, 0.15) is 15.9 Å². The molecule has 0 fully saturated rings. The molecule has 0 aromatic heterocycles. The Bertz CT molecular complexity index is 308. The van der Waals surface area contributed by atoms with Gasteiger partial charge in [-0.15, -0.1) is 0 Å². The Balaban J connectivity index is 3.25. The summed E-state index contributed by atoms with van der Waals surface area (Å²) in [5.41, 5.74) is 1.60. The molecular weight excluding hydrogens is 220 g/mol. The number of carbonyl (C=O) groups is 1. The van der Waals surface area contributed by atoms with E-state index in [2.05, 4.69) is 15.9 Å². The molecule has 0 aliphatic carbocycles. The second-order valence-electron chi connectivity index (χ2n) is 2.46. The third-order valence-corrected chi connectivity index (χ3v) is 2.29. The van der Waals surface area contributed by atoms with Crippen LogP contribution in [0.2, 0.25) is 0 Å². The first-order chi connectivity index (χ1) is 5.69. The average molecular weight is 229 g/mol. The molecule has 0 saturated heterocycles. The molecule has 0 atom stereocenters. The van der Waals surface area contributed by atoms with Gasteiger partial charge < -0.3 is 4.74 Å². The van der Waals surface area contributed by atoms with Gasteiger partial charge in [0, 0.05) is 5.56 Å².